The first-order valence-electron chi connectivity index (χ1n) is 9.06. The van der Waals surface area contributed by atoms with Gasteiger partial charge in [-0.1, -0.05) is 54.2 Å². The molecule has 2 heteroatoms. The Balaban J connectivity index is 1.69. The van der Waals surface area contributed by atoms with Gasteiger partial charge in [0, 0.05) is 0 Å². The standard InChI is InChI=1S/C20H31IO/c1-14(11-15-8-10-19(2,22)12-15)17-6-7-18-16(13-21)5-4-9-20(17,18)3/h8,10,13-15,17-18,22H,4-7,9,11-12H2,1-3H3/t14-,15-,17-,18?,19+,20+/m1/s1. The summed E-state index contributed by atoms with van der Waals surface area (Å²) in [6.07, 6.45) is 13.4. The van der Waals surface area contributed by atoms with E-state index in [-0.39, 0.29) is 0 Å². The van der Waals surface area contributed by atoms with Crippen LogP contribution in [0.15, 0.2) is 21.8 Å². The molecule has 0 amide bonds. The van der Waals surface area contributed by atoms with Crippen LogP contribution in [0.3, 0.4) is 0 Å². The number of aliphatic hydroxyl groups is 1. The third kappa shape index (κ3) is 3.07. The Morgan fingerprint density at radius 2 is 2.18 bits per heavy atom. The van der Waals surface area contributed by atoms with E-state index < -0.39 is 5.60 Å². The molecule has 0 spiro atoms. The molecule has 2 fully saturated rings. The Kier molecular flexibility index (Phi) is 4.82. The molecule has 0 saturated heterocycles. The molecule has 6 atom stereocenters. The molecule has 1 nitrogen and oxygen atoms in total. The van der Waals surface area contributed by atoms with E-state index in [1.807, 2.05) is 13.0 Å². The third-order valence-electron chi connectivity index (χ3n) is 6.94. The minimum Gasteiger partial charge on any atom is -0.386 e. The molecule has 3 aliphatic carbocycles. The van der Waals surface area contributed by atoms with Crippen LogP contribution >= 0.6 is 22.6 Å². The van der Waals surface area contributed by atoms with E-state index in [1.54, 1.807) is 5.57 Å². The van der Waals surface area contributed by atoms with Crippen molar-refractivity contribution in [2.45, 2.75) is 71.3 Å². The minimum absolute atomic E-state index is 0.527. The second-order valence-corrected chi connectivity index (χ2v) is 9.30. The predicted molar refractivity (Wildman–Crippen MR) is 102 cm³/mol. The highest BCUT2D eigenvalue weighted by atomic mass is 127. The highest BCUT2D eigenvalue weighted by molar-refractivity contribution is 14.1. The number of allylic oxidation sites excluding steroid dienone is 2. The molecule has 2 saturated carbocycles. The Hall–Kier alpha value is 0.170. The van der Waals surface area contributed by atoms with Crippen LogP contribution in [0.2, 0.25) is 0 Å². The van der Waals surface area contributed by atoms with Gasteiger partial charge in [0.15, 0.2) is 0 Å². The normalized spacial score (nSPS) is 47.9. The second kappa shape index (κ2) is 6.23. The first-order chi connectivity index (χ1) is 10.4. The summed E-state index contributed by atoms with van der Waals surface area (Å²) in [4.78, 5) is 0. The Bertz CT molecular complexity index is 478. The van der Waals surface area contributed by atoms with E-state index in [9.17, 15) is 5.11 Å². The summed E-state index contributed by atoms with van der Waals surface area (Å²) in [5.74, 6) is 3.05. The lowest BCUT2D eigenvalue weighted by molar-refractivity contribution is 0.0756. The molecule has 0 aromatic heterocycles. The SMILES string of the molecule is C[C@H](C[C@H]1C=C[C@](C)(O)C1)[C@H]1CCC2C(=CI)CCC[C@]21C. The maximum atomic E-state index is 10.2. The summed E-state index contributed by atoms with van der Waals surface area (Å²) in [5.41, 5.74) is 1.70. The average Bonchev–Trinajstić information content (AvgIpc) is 2.97. The van der Waals surface area contributed by atoms with Gasteiger partial charge in [0.1, 0.15) is 0 Å². The quantitative estimate of drug-likeness (QED) is 0.452. The number of hydrogen-bond donors (Lipinski definition) is 1. The van der Waals surface area contributed by atoms with Gasteiger partial charge in [0.25, 0.3) is 0 Å². The number of rotatable bonds is 3. The van der Waals surface area contributed by atoms with Crippen molar-refractivity contribution in [2.75, 3.05) is 0 Å². The molecule has 0 bridgehead atoms. The van der Waals surface area contributed by atoms with Gasteiger partial charge in [-0.3, -0.25) is 0 Å². The van der Waals surface area contributed by atoms with E-state index in [1.165, 1.54) is 38.5 Å². The van der Waals surface area contributed by atoms with E-state index >= 15 is 0 Å². The average molecular weight is 414 g/mol. The van der Waals surface area contributed by atoms with Crippen LogP contribution in [0.25, 0.3) is 0 Å². The van der Waals surface area contributed by atoms with E-state index in [0.717, 1.165) is 24.2 Å². The second-order valence-electron chi connectivity index (χ2n) is 8.67. The highest BCUT2D eigenvalue weighted by Crippen LogP contribution is 2.60. The van der Waals surface area contributed by atoms with Gasteiger partial charge in [-0.15, -0.1) is 0 Å². The van der Waals surface area contributed by atoms with Crippen molar-refractivity contribution >= 4 is 22.6 Å². The summed E-state index contributed by atoms with van der Waals surface area (Å²) < 4.78 is 2.38. The lowest BCUT2D eigenvalue weighted by Crippen LogP contribution is -2.36. The molecular weight excluding hydrogens is 383 g/mol. The molecule has 1 unspecified atom stereocenters. The zero-order valence-corrected chi connectivity index (χ0v) is 16.5. The van der Waals surface area contributed by atoms with E-state index in [0.29, 0.717) is 11.3 Å². The van der Waals surface area contributed by atoms with Crippen LogP contribution in [0, 0.1) is 29.1 Å². The molecule has 0 radical (unpaired) electrons. The molecule has 3 rings (SSSR count). The smallest absolute Gasteiger partial charge is 0.0805 e. The fourth-order valence-corrected chi connectivity index (χ4v) is 6.70. The summed E-state index contributed by atoms with van der Waals surface area (Å²) in [7, 11) is 0. The van der Waals surface area contributed by atoms with Crippen LogP contribution < -0.4 is 0 Å². The van der Waals surface area contributed by atoms with Crippen molar-refractivity contribution in [3.63, 3.8) is 0 Å². The third-order valence-corrected chi connectivity index (χ3v) is 7.74. The van der Waals surface area contributed by atoms with Crippen molar-refractivity contribution in [3.05, 3.63) is 21.8 Å². The minimum atomic E-state index is -0.561. The van der Waals surface area contributed by atoms with E-state index in [2.05, 4.69) is 46.6 Å². The summed E-state index contributed by atoms with van der Waals surface area (Å²) >= 11 is 2.46. The Labute approximate surface area is 149 Å². The van der Waals surface area contributed by atoms with Crippen LogP contribution in [-0.2, 0) is 0 Å². The monoisotopic (exact) mass is 414 g/mol. The maximum Gasteiger partial charge on any atom is 0.0805 e. The topological polar surface area (TPSA) is 20.2 Å². The molecule has 22 heavy (non-hydrogen) atoms. The van der Waals surface area contributed by atoms with Crippen LogP contribution in [0.4, 0.5) is 0 Å². The maximum absolute atomic E-state index is 10.2. The van der Waals surface area contributed by atoms with Gasteiger partial charge < -0.3 is 5.11 Å². The van der Waals surface area contributed by atoms with E-state index in [4.69, 9.17) is 0 Å². The van der Waals surface area contributed by atoms with Crippen molar-refractivity contribution < 1.29 is 5.11 Å². The van der Waals surface area contributed by atoms with Gasteiger partial charge >= 0.3 is 0 Å². The Morgan fingerprint density at radius 1 is 1.41 bits per heavy atom. The fourth-order valence-electron chi connectivity index (χ4n) is 5.96. The van der Waals surface area contributed by atoms with Crippen LogP contribution in [0.5, 0.6) is 0 Å². The van der Waals surface area contributed by atoms with Crippen LogP contribution in [-0.4, -0.2) is 10.7 Å². The highest BCUT2D eigenvalue weighted by Gasteiger charge is 2.50. The summed E-state index contributed by atoms with van der Waals surface area (Å²) in [6.45, 7) is 6.99. The van der Waals surface area contributed by atoms with Gasteiger partial charge in [0.05, 0.1) is 5.60 Å². The molecule has 0 aliphatic heterocycles. The molecule has 124 valence electrons. The van der Waals surface area contributed by atoms with Crippen molar-refractivity contribution in [1.82, 2.24) is 0 Å². The zero-order chi connectivity index (χ0) is 16.0. The van der Waals surface area contributed by atoms with Crippen LogP contribution in [0.1, 0.15) is 65.7 Å². The number of fused-ring (bicyclic) bond motifs is 1. The zero-order valence-electron chi connectivity index (χ0n) is 14.3. The van der Waals surface area contributed by atoms with Gasteiger partial charge in [-0.2, -0.15) is 0 Å². The van der Waals surface area contributed by atoms with Gasteiger partial charge in [-0.25, -0.2) is 0 Å². The fraction of sp³-hybridized carbons (Fsp3) is 0.800. The largest absolute Gasteiger partial charge is 0.386 e. The molecule has 1 N–H and O–H groups in total. The number of hydrogen-bond acceptors (Lipinski definition) is 1. The van der Waals surface area contributed by atoms with Crippen molar-refractivity contribution in [3.8, 4) is 0 Å². The molecule has 3 aliphatic rings. The first kappa shape index (κ1) is 17.0. The lowest BCUT2D eigenvalue weighted by Gasteiger charge is -2.44. The molecule has 0 heterocycles. The first-order valence-corrected chi connectivity index (χ1v) is 10.3. The molecule has 0 aromatic carbocycles. The van der Waals surface area contributed by atoms with Gasteiger partial charge in [-0.05, 0) is 85.0 Å². The van der Waals surface area contributed by atoms with Crippen molar-refractivity contribution in [1.29, 1.82) is 0 Å². The summed E-state index contributed by atoms with van der Waals surface area (Å²) in [6, 6.07) is 0. The molecular formula is C20H31IO. The lowest BCUT2D eigenvalue weighted by atomic mass is 9.61. The molecule has 0 aromatic rings. The Morgan fingerprint density at radius 3 is 2.82 bits per heavy atom. The van der Waals surface area contributed by atoms with Gasteiger partial charge in [0.2, 0.25) is 0 Å². The predicted octanol–water partition coefficient (Wildman–Crippen LogP) is 5.88. The summed E-state index contributed by atoms with van der Waals surface area (Å²) in [5, 5.41) is 10.2. The van der Waals surface area contributed by atoms with Crippen molar-refractivity contribution in [2.24, 2.45) is 29.1 Å². The number of halogens is 1.